The molecule has 3 aromatic rings. The third-order valence-electron chi connectivity index (χ3n) is 5.80. The van der Waals surface area contributed by atoms with Crippen molar-refractivity contribution >= 4 is 0 Å². The highest BCUT2D eigenvalue weighted by Crippen LogP contribution is 2.39. The van der Waals surface area contributed by atoms with Crippen molar-refractivity contribution in [2.24, 2.45) is 5.92 Å². The first-order chi connectivity index (χ1) is 13.3. The first-order valence-electron chi connectivity index (χ1n) is 9.71. The van der Waals surface area contributed by atoms with Crippen LogP contribution in [0.15, 0.2) is 36.9 Å². The van der Waals surface area contributed by atoms with E-state index in [0.29, 0.717) is 17.9 Å². The van der Waals surface area contributed by atoms with Crippen LogP contribution in [0.5, 0.6) is 0 Å². The van der Waals surface area contributed by atoms with Gasteiger partial charge in [-0.15, -0.1) is 10.2 Å². The molecule has 2 fully saturated rings. The molecule has 1 saturated heterocycles. The Kier molecular flexibility index (Phi) is 4.24. The van der Waals surface area contributed by atoms with Crippen LogP contribution in [0.25, 0.3) is 5.69 Å². The summed E-state index contributed by atoms with van der Waals surface area (Å²) in [5.41, 5.74) is 2.34. The standard InChI is InChI=1S/C20H24N6O/c1-14-2-4-17(5-3-14)26-19(23-20(24-26)16-6-7-27-11-16)10-15-8-18(9-15)25-12-21-22-13-25/h2-5,12-13,15-16,18H,6-11H2,1H3. The molecule has 3 heterocycles. The van der Waals surface area contributed by atoms with E-state index in [2.05, 4.69) is 46.0 Å². The highest BCUT2D eigenvalue weighted by molar-refractivity contribution is 5.34. The van der Waals surface area contributed by atoms with Crippen molar-refractivity contribution in [1.29, 1.82) is 0 Å². The fourth-order valence-corrected chi connectivity index (χ4v) is 4.06. The average Bonchev–Trinajstić information content (AvgIpc) is 3.38. The molecule has 7 heteroatoms. The molecule has 1 aromatic carbocycles. The van der Waals surface area contributed by atoms with Crippen LogP contribution in [0.3, 0.4) is 0 Å². The van der Waals surface area contributed by atoms with E-state index in [9.17, 15) is 0 Å². The summed E-state index contributed by atoms with van der Waals surface area (Å²) < 4.78 is 9.70. The topological polar surface area (TPSA) is 70.7 Å². The van der Waals surface area contributed by atoms with E-state index < -0.39 is 0 Å². The number of rotatable bonds is 5. The molecule has 5 rings (SSSR count). The number of ether oxygens (including phenoxy) is 1. The molecule has 0 amide bonds. The fourth-order valence-electron chi connectivity index (χ4n) is 4.06. The first kappa shape index (κ1) is 16.6. The Morgan fingerprint density at radius 1 is 1.11 bits per heavy atom. The SMILES string of the molecule is Cc1ccc(-n2nc(C3CCOC3)nc2CC2CC(n3cnnc3)C2)cc1. The Labute approximate surface area is 158 Å². The average molecular weight is 364 g/mol. The van der Waals surface area contributed by atoms with Crippen molar-refractivity contribution in [2.45, 2.75) is 44.6 Å². The number of hydrogen-bond donors (Lipinski definition) is 0. The molecule has 2 aromatic heterocycles. The van der Waals surface area contributed by atoms with Crippen LogP contribution in [0.4, 0.5) is 0 Å². The van der Waals surface area contributed by atoms with Crippen molar-refractivity contribution in [3.8, 4) is 5.69 Å². The number of hydrogen-bond acceptors (Lipinski definition) is 5. The lowest BCUT2D eigenvalue weighted by Gasteiger charge is -2.35. The Bertz CT molecular complexity index is 889. The maximum atomic E-state index is 5.55. The van der Waals surface area contributed by atoms with E-state index in [-0.39, 0.29) is 0 Å². The van der Waals surface area contributed by atoms with Gasteiger partial charge in [-0.05, 0) is 44.2 Å². The van der Waals surface area contributed by atoms with E-state index in [1.165, 1.54) is 5.56 Å². The lowest BCUT2D eigenvalue weighted by molar-refractivity contribution is 0.192. The molecule has 1 aliphatic carbocycles. The van der Waals surface area contributed by atoms with Gasteiger partial charge in [0.25, 0.3) is 0 Å². The quantitative estimate of drug-likeness (QED) is 0.696. The van der Waals surface area contributed by atoms with Crippen LogP contribution in [0, 0.1) is 12.8 Å². The molecule has 1 unspecified atom stereocenters. The lowest BCUT2D eigenvalue weighted by atomic mass is 9.78. The molecular weight excluding hydrogens is 340 g/mol. The van der Waals surface area contributed by atoms with Crippen LogP contribution >= 0.6 is 0 Å². The molecule has 0 spiro atoms. The van der Waals surface area contributed by atoms with Gasteiger partial charge in [-0.1, -0.05) is 17.7 Å². The van der Waals surface area contributed by atoms with Crippen molar-refractivity contribution in [3.63, 3.8) is 0 Å². The molecular formula is C20H24N6O. The summed E-state index contributed by atoms with van der Waals surface area (Å²) in [6, 6.07) is 9.03. The van der Waals surface area contributed by atoms with Gasteiger partial charge in [-0.2, -0.15) is 5.10 Å². The number of nitrogens with zero attached hydrogens (tertiary/aromatic N) is 6. The van der Waals surface area contributed by atoms with Gasteiger partial charge in [0.2, 0.25) is 0 Å². The minimum atomic E-state index is 0.321. The van der Waals surface area contributed by atoms with E-state index in [1.54, 1.807) is 0 Å². The summed E-state index contributed by atoms with van der Waals surface area (Å²) in [7, 11) is 0. The predicted molar refractivity (Wildman–Crippen MR) is 99.8 cm³/mol. The minimum absolute atomic E-state index is 0.321. The highest BCUT2D eigenvalue weighted by atomic mass is 16.5. The predicted octanol–water partition coefficient (Wildman–Crippen LogP) is 2.86. The molecule has 0 radical (unpaired) electrons. The maximum absolute atomic E-state index is 5.55. The fraction of sp³-hybridized carbons (Fsp3) is 0.500. The zero-order valence-electron chi connectivity index (χ0n) is 15.5. The third kappa shape index (κ3) is 3.27. The summed E-state index contributed by atoms with van der Waals surface area (Å²) in [5, 5.41) is 12.7. The number of aromatic nitrogens is 6. The van der Waals surface area contributed by atoms with Crippen LogP contribution in [0.1, 0.15) is 48.4 Å². The van der Waals surface area contributed by atoms with Gasteiger partial charge in [0, 0.05) is 25.0 Å². The number of aryl methyl sites for hydroxylation is 1. The van der Waals surface area contributed by atoms with Gasteiger partial charge in [0.05, 0.1) is 12.3 Å². The molecule has 140 valence electrons. The van der Waals surface area contributed by atoms with Crippen molar-refractivity contribution < 1.29 is 4.74 Å². The van der Waals surface area contributed by atoms with Crippen molar-refractivity contribution in [2.75, 3.05) is 13.2 Å². The molecule has 0 bridgehead atoms. The zero-order chi connectivity index (χ0) is 18.2. The summed E-state index contributed by atoms with van der Waals surface area (Å²) in [6.07, 6.45) is 7.87. The Morgan fingerprint density at radius 3 is 2.59 bits per heavy atom. The zero-order valence-corrected chi connectivity index (χ0v) is 15.5. The molecule has 0 N–H and O–H groups in total. The van der Waals surface area contributed by atoms with Crippen LogP contribution in [-0.2, 0) is 11.2 Å². The van der Waals surface area contributed by atoms with E-state index in [1.807, 2.05) is 17.3 Å². The smallest absolute Gasteiger partial charge is 0.156 e. The van der Waals surface area contributed by atoms with Crippen LogP contribution in [0.2, 0.25) is 0 Å². The van der Waals surface area contributed by atoms with Crippen molar-refractivity contribution in [1.82, 2.24) is 29.5 Å². The highest BCUT2D eigenvalue weighted by Gasteiger charge is 2.33. The van der Waals surface area contributed by atoms with E-state index >= 15 is 0 Å². The Morgan fingerprint density at radius 2 is 1.89 bits per heavy atom. The molecule has 7 nitrogen and oxygen atoms in total. The Balaban J connectivity index is 1.37. The third-order valence-corrected chi connectivity index (χ3v) is 5.80. The second kappa shape index (κ2) is 6.88. The van der Waals surface area contributed by atoms with E-state index in [4.69, 9.17) is 14.8 Å². The van der Waals surface area contributed by atoms with Gasteiger partial charge in [0.1, 0.15) is 18.5 Å². The maximum Gasteiger partial charge on any atom is 0.156 e. The van der Waals surface area contributed by atoms with Gasteiger partial charge in [-0.3, -0.25) is 0 Å². The lowest BCUT2D eigenvalue weighted by Crippen LogP contribution is -2.28. The summed E-state index contributed by atoms with van der Waals surface area (Å²) in [5.74, 6) is 2.94. The second-order valence-corrected chi connectivity index (χ2v) is 7.80. The van der Waals surface area contributed by atoms with Crippen molar-refractivity contribution in [3.05, 3.63) is 54.1 Å². The summed E-state index contributed by atoms with van der Waals surface area (Å²) in [4.78, 5) is 4.94. The number of benzene rings is 1. The largest absolute Gasteiger partial charge is 0.381 e. The summed E-state index contributed by atoms with van der Waals surface area (Å²) >= 11 is 0. The first-order valence-corrected chi connectivity index (χ1v) is 9.71. The summed E-state index contributed by atoms with van der Waals surface area (Å²) in [6.45, 7) is 3.64. The van der Waals surface area contributed by atoms with E-state index in [0.717, 1.165) is 56.2 Å². The van der Waals surface area contributed by atoms with Crippen LogP contribution < -0.4 is 0 Å². The monoisotopic (exact) mass is 364 g/mol. The van der Waals surface area contributed by atoms with Crippen LogP contribution in [-0.4, -0.2) is 42.7 Å². The normalized spacial score (nSPS) is 24.9. The molecule has 1 aliphatic heterocycles. The van der Waals surface area contributed by atoms with Gasteiger partial charge < -0.3 is 9.30 Å². The van der Waals surface area contributed by atoms with Gasteiger partial charge in [-0.25, -0.2) is 9.67 Å². The molecule has 1 atom stereocenters. The van der Waals surface area contributed by atoms with Gasteiger partial charge >= 0.3 is 0 Å². The minimum Gasteiger partial charge on any atom is -0.381 e. The second-order valence-electron chi connectivity index (χ2n) is 7.80. The molecule has 1 saturated carbocycles. The molecule has 2 aliphatic rings. The molecule has 27 heavy (non-hydrogen) atoms. The van der Waals surface area contributed by atoms with Gasteiger partial charge in [0.15, 0.2) is 5.82 Å². The Hall–Kier alpha value is -2.54.